The van der Waals surface area contributed by atoms with Crippen molar-refractivity contribution in [1.29, 1.82) is 0 Å². The van der Waals surface area contributed by atoms with E-state index in [1.807, 2.05) is 28.8 Å². The number of anilines is 1. The number of hydrogen-bond acceptors (Lipinski definition) is 5. The molecule has 2 aromatic carbocycles. The van der Waals surface area contributed by atoms with Gasteiger partial charge in [0, 0.05) is 27.9 Å². The van der Waals surface area contributed by atoms with Gasteiger partial charge in [0.15, 0.2) is 10.3 Å². The Balaban J connectivity index is 1.67. The lowest BCUT2D eigenvalue weighted by Gasteiger charge is -2.13. The van der Waals surface area contributed by atoms with Gasteiger partial charge in [-0.15, -0.1) is 11.3 Å². The molecule has 0 saturated carbocycles. The van der Waals surface area contributed by atoms with E-state index in [-0.39, 0.29) is 11.7 Å². The fraction of sp³-hybridized carbons (Fsp3) is 0.0500. The number of thiazole rings is 1. The maximum Gasteiger partial charge on any atom is 0.236 e. The van der Waals surface area contributed by atoms with Gasteiger partial charge < -0.3 is 5.32 Å². The number of benzene rings is 2. The maximum absolute atomic E-state index is 12.3. The lowest BCUT2D eigenvalue weighted by Crippen LogP contribution is -2.14. The van der Waals surface area contributed by atoms with Gasteiger partial charge in [-0.2, -0.15) is 0 Å². The van der Waals surface area contributed by atoms with Crippen LogP contribution in [-0.4, -0.2) is 26.2 Å². The van der Waals surface area contributed by atoms with Crippen LogP contribution in [-0.2, 0) is 4.79 Å². The molecule has 10 heteroatoms. The third-order valence-electron chi connectivity index (χ3n) is 4.02. The van der Waals surface area contributed by atoms with Gasteiger partial charge in [-0.25, -0.2) is 9.97 Å². The molecule has 2 heterocycles. The topological polar surface area (TPSA) is 59.8 Å². The first-order valence-electron chi connectivity index (χ1n) is 8.62. The first kappa shape index (κ1) is 21.2. The van der Waals surface area contributed by atoms with Crippen molar-refractivity contribution >= 4 is 68.9 Å². The zero-order chi connectivity index (χ0) is 21.1. The molecule has 1 N–H and O–H groups in total. The minimum atomic E-state index is -0.160. The normalized spacial score (nSPS) is 10.9. The summed E-state index contributed by atoms with van der Waals surface area (Å²) < 4.78 is 1.94. The van der Waals surface area contributed by atoms with Crippen molar-refractivity contribution in [1.82, 2.24) is 14.5 Å². The third kappa shape index (κ3) is 4.82. The van der Waals surface area contributed by atoms with E-state index in [2.05, 4.69) is 15.3 Å². The Hall–Kier alpha value is -2.03. The molecule has 0 unspecified atom stereocenters. The zero-order valence-electron chi connectivity index (χ0n) is 15.2. The molecule has 4 aromatic rings. The number of imidazole rings is 1. The van der Waals surface area contributed by atoms with Crippen LogP contribution in [0.5, 0.6) is 0 Å². The van der Waals surface area contributed by atoms with Crippen LogP contribution in [0.2, 0.25) is 15.1 Å². The minimum absolute atomic E-state index is 0.160. The number of aromatic nitrogens is 3. The van der Waals surface area contributed by atoms with Crippen molar-refractivity contribution < 1.29 is 4.79 Å². The van der Waals surface area contributed by atoms with E-state index in [0.717, 1.165) is 16.9 Å². The van der Waals surface area contributed by atoms with E-state index < -0.39 is 0 Å². The van der Waals surface area contributed by atoms with Crippen molar-refractivity contribution in [2.75, 3.05) is 11.1 Å². The van der Waals surface area contributed by atoms with Crippen LogP contribution in [0.4, 0.5) is 5.13 Å². The Morgan fingerprint density at radius 1 is 1.10 bits per heavy atom. The van der Waals surface area contributed by atoms with Gasteiger partial charge in [0.1, 0.15) is 0 Å². The fourth-order valence-corrected chi connectivity index (χ4v) is 4.55. The second kappa shape index (κ2) is 9.41. The van der Waals surface area contributed by atoms with Crippen LogP contribution in [0.1, 0.15) is 0 Å². The molecule has 5 nitrogen and oxygen atoms in total. The molecule has 4 rings (SSSR count). The largest absolute Gasteiger partial charge is 0.301 e. The molecule has 0 saturated heterocycles. The Morgan fingerprint density at radius 3 is 2.70 bits per heavy atom. The highest BCUT2D eigenvalue weighted by Gasteiger charge is 2.17. The van der Waals surface area contributed by atoms with Gasteiger partial charge in [-0.1, -0.05) is 58.7 Å². The van der Waals surface area contributed by atoms with Gasteiger partial charge in [0.2, 0.25) is 5.91 Å². The number of nitrogens with zero attached hydrogens (tertiary/aromatic N) is 3. The monoisotopic (exact) mass is 494 g/mol. The predicted molar refractivity (Wildman–Crippen MR) is 125 cm³/mol. The molecule has 152 valence electrons. The smallest absolute Gasteiger partial charge is 0.236 e. The molecule has 30 heavy (non-hydrogen) atoms. The quantitative estimate of drug-likeness (QED) is 0.303. The molecular weight excluding hydrogens is 483 g/mol. The van der Waals surface area contributed by atoms with E-state index in [4.69, 9.17) is 34.8 Å². The van der Waals surface area contributed by atoms with E-state index in [1.54, 1.807) is 36.0 Å². The summed E-state index contributed by atoms with van der Waals surface area (Å²) in [5, 5.41) is 7.30. The van der Waals surface area contributed by atoms with Crippen molar-refractivity contribution in [2.24, 2.45) is 0 Å². The van der Waals surface area contributed by atoms with Gasteiger partial charge in [-0.05, 0) is 30.3 Å². The molecule has 0 spiro atoms. The Morgan fingerprint density at radius 2 is 1.97 bits per heavy atom. The number of thioether (sulfide) groups is 1. The van der Waals surface area contributed by atoms with Gasteiger partial charge in [-0.3, -0.25) is 9.36 Å². The van der Waals surface area contributed by atoms with Crippen LogP contribution in [0.25, 0.3) is 16.9 Å². The van der Waals surface area contributed by atoms with Crippen molar-refractivity contribution in [3.8, 4) is 16.9 Å². The Labute approximate surface area is 196 Å². The average molecular weight is 496 g/mol. The standard InChI is InChI=1S/C20H13Cl3N4OS2/c21-13-2-1-3-14(9-13)27-17(12-4-5-15(22)16(23)8-12)10-25-20(27)30-11-18(28)26-19-24-6-7-29-19/h1-10H,11H2,(H,24,26,28). The minimum Gasteiger partial charge on any atom is -0.301 e. The van der Waals surface area contributed by atoms with Gasteiger partial charge >= 0.3 is 0 Å². The summed E-state index contributed by atoms with van der Waals surface area (Å²) in [7, 11) is 0. The lowest BCUT2D eigenvalue weighted by molar-refractivity contribution is -0.113. The summed E-state index contributed by atoms with van der Waals surface area (Å²) in [6.07, 6.45) is 3.38. The number of carbonyl (C=O) groups is 1. The molecule has 0 aliphatic heterocycles. The first-order valence-corrected chi connectivity index (χ1v) is 11.6. The van der Waals surface area contributed by atoms with Crippen LogP contribution < -0.4 is 5.32 Å². The molecule has 0 aliphatic carbocycles. The van der Waals surface area contributed by atoms with Crippen LogP contribution in [0, 0.1) is 0 Å². The van der Waals surface area contributed by atoms with Gasteiger partial charge in [0.05, 0.1) is 27.7 Å². The average Bonchev–Trinajstić information content (AvgIpc) is 3.38. The summed E-state index contributed by atoms with van der Waals surface area (Å²) >= 11 is 21.2. The van der Waals surface area contributed by atoms with E-state index >= 15 is 0 Å². The van der Waals surface area contributed by atoms with Crippen LogP contribution in [0.15, 0.2) is 65.4 Å². The molecule has 0 aliphatic rings. The second-order valence-electron chi connectivity index (χ2n) is 6.04. The van der Waals surface area contributed by atoms with Crippen molar-refractivity contribution in [3.05, 3.63) is 75.3 Å². The molecule has 1 amide bonds. The number of rotatable bonds is 6. The number of nitrogens with one attached hydrogen (secondary N) is 1. The summed E-state index contributed by atoms with van der Waals surface area (Å²) in [5.74, 6) is 0.0181. The number of hydrogen-bond donors (Lipinski definition) is 1. The van der Waals surface area contributed by atoms with Gasteiger partial charge in [0.25, 0.3) is 0 Å². The Bertz CT molecular complexity index is 1190. The highest BCUT2D eigenvalue weighted by molar-refractivity contribution is 7.99. The molecule has 0 bridgehead atoms. The summed E-state index contributed by atoms with van der Waals surface area (Å²) in [5.41, 5.74) is 2.47. The summed E-state index contributed by atoms with van der Waals surface area (Å²) in [4.78, 5) is 20.9. The third-order valence-corrected chi connectivity index (χ3v) is 6.64. The number of carbonyl (C=O) groups excluding carboxylic acids is 1. The molecule has 2 aromatic heterocycles. The van der Waals surface area contributed by atoms with Crippen molar-refractivity contribution in [3.63, 3.8) is 0 Å². The fourth-order valence-electron chi connectivity index (χ4n) is 2.73. The van der Waals surface area contributed by atoms with Crippen LogP contribution >= 0.6 is 57.9 Å². The maximum atomic E-state index is 12.3. The van der Waals surface area contributed by atoms with Crippen molar-refractivity contribution in [2.45, 2.75) is 5.16 Å². The molecular formula is C20H13Cl3N4OS2. The highest BCUT2D eigenvalue weighted by atomic mass is 35.5. The second-order valence-corrected chi connectivity index (χ2v) is 9.13. The summed E-state index contributed by atoms with van der Waals surface area (Å²) in [6, 6.07) is 12.8. The number of halogens is 3. The Kier molecular flexibility index (Phi) is 6.65. The highest BCUT2D eigenvalue weighted by Crippen LogP contribution is 2.33. The molecule has 0 atom stereocenters. The van der Waals surface area contributed by atoms with E-state index in [9.17, 15) is 4.79 Å². The van der Waals surface area contributed by atoms with E-state index in [1.165, 1.54) is 23.1 Å². The molecule has 0 radical (unpaired) electrons. The summed E-state index contributed by atoms with van der Waals surface area (Å²) in [6.45, 7) is 0. The molecule has 0 fully saturated rings. The first-order chi connectivity index (χ1) is 14.5. The van der Waals surface area contributed by atoms with E-state index in [0.29, 0.717) is 25.4 Å². The van der Waals surface area contributed by atoms with Crippen LogP contribution in [0.3, 0.4) is 0 Å². The SMILES string of the molecule is O=C(CSc1ncc(-c2ccc(Cl)c(Cl)c2)n1-c1cccc(Cl)c1)Nc1nccs1. The number of amides is 1. The predicted octanol–water partition coefficient (Wildman–Crippen LogP) is 6.69. The lowest BCUT2D eigenvalue weighted by atomic mass is 10.1. The zero-order valence-corrected chi connectivity index (χ0v) is 19.1.